The van der Waals surface area contributed by atoms with Gasteiger partial charge in [-0.3, -0.25) is 4.79 Å². The maximum atomic E-state index is 12.0. The highest BCUT2D eigenvalue weighted by atomic mass is 16.5. The number of aromatic amines is 1. The number of hydrogen-bond acceptors (Lipinski definition) is 4. The SMILES string of the molecule is C=CC(=O)N1CCO[C@H](CNc2ccnc3[nH]ccc23)[C@@H]1CC. The van der Waals surface area contributed by atoms with Gasteiger partial charge in [0.25, 0.3) is 0 Å². The summed E-state index contributed by atoms with van der Waals surface area (Å²) in [5.41, 5.74) is 1.87. The van der Waals surface area contributed by atoms with E-state index in [9.17, 15) is 4.79 Å². The molecule has 0 spiro atoms. The predicted molar refractivity (Wildman–Crippen MR) is 90.3 cm³/mol. The van der Waals surface area contributed by atoms with Crippen LogP contribution >= 0.6 is 0 Å². The summed E-state index contributed by atoms with van der Waals surface area (Å²) < 4.78 is 5.91. The number of fused-ring (bicyclic) bond motifs is 1. The van der Waals surface area contributed by atoms with Crippen molar-refractivity contribution < 1.29 is 9.53 Å². The molecule has 1 amide bonds. The number of pyridine rings is 1. The molecule has 0 bridgehead atoms. The lowest BCUT2D eigenvalue weighted by molar-refractivity contribution is -0.140. The van der Waals surface area contributed by atoms with Gasteiger partial charge in [0, 0.05) is 36.6 Å². The molecule has 1 fully saturated rings. The van der Waals surface area contributed by atoms with Crippen molar-refractivity contribution in [3.8, 4) is 0 Å². The Balaban J connectivity index is 1.72. The molecule has 1 saturated heterocycles. The number of carbonyl (C=O) groups excluding carboxylic acids is 1. The molecule has 6 nitrogen and oxygen atoms in total. The van der Waals surface area contributed by atoms with Crippen LogP contribution in [-0.4, -0.2) is 52.6 Å². The van der Waals surface area contributed by atoms with Crippen molar-refractivity contribution in [1.82, 2.24) is 14.9 Å². The van der Waals surface area contributed by atoms with Gasteiger partial charge in [-0.1, -0.05) is 13.5 Å². The molecule has 0 radical (unpaired) electrons. The second kappa shape index (κ2) is 6.83. The Morgan fingerprint density at radius 1 is 1.61 bits per heavy atom. The highest BCUT2D eigenvalue weighted by Gasteiger charge is 2.32. The smallest absolute Gasteiger partial charge is 0.246 e. The van der Waals surface area contributed by atoms with Crippen LogP contribution in [0, 0.1) is 0 Å². The Morgan fingerprint density at radius 3 is 3.26 bits per heavy atom. The van der Waals surface area contributed by atoms with E-state index in [1.165, 1.54) is 6.08 Å². The van der Waals surface area contributed by atoms with Crippen molar-refractivity contribution in [2.45, 2.75) is 25.5 Å². The first-order chi connectivity index (χ1) is 11.2. The zero-order valence-corrected chi connectivity index (χ0v) is 13.3. The van der Waals surface area contributed by atoms with Crippen LogP contribution in [0.15, 0.2) is 37.2 Å². The first kappa shape index (κ1) is 15.6. The van der Waals surface area contributed by atoms with Crippen LogP contribution in [0.1, 0.15) is 13.3 Å². The number of carbonyl (C=O) groups is 1. The van der Waals surface area contributed by atoms with Gasteiger partial charge in [-0.2, -0.15) is 0 Å². The van der Waals surface area contributed by atoms with Crippen LogP contribution in [0.4, 0.5) is 5.69 Å². The largest absolute Gasteiger partial charge is 0.382 e. The molecule has 6 heteroatoms. The Bertz CT molecular complexity index is 697. The van der Waals surface area contributed by atoms with Gasteiger partial charge in [-0.05, 0) is 24.6 Å². The fourth-order valence-corrected chi connectivity index (χ4v) is 3.17. The lowest BCUT2D eigenvalue weighted by Gasteiger charge is -2.40. The first-order valence-electron chi connectivity index (χ1n) is 7.95. The van der Waals surface area contributed by atoms with Crippen molar-refractivity contribution in [3.05, 3.63) is 37.2 Å². The number of aromatic nitrogens is 2. The molecule has 0 unspecified atom stereocenters. The summed E-state index contributed by atoms with van der Waals surface area (Å²) in [5, 5.41) is 4.49. The van der Waals surface area contributed by atoms with Crippen LogP contribution in [0.3, 0.4) is 0 Å². The molecule has 2 aromatic heterocycles. The lowest BCUT2D eigenvalue weighted by Crippen LogP contribution is -2.55. The molecular weight excluding hydrogens is 292 g/mol. The maximum absolute atomic E-state index is 12.0. The van der Waals surface area contributed by atoms with Gasteiger partial charge in [-0.25, -0.2) is 4.98 Å². The molecule has 3 rings (SSSR count). The summed E-state index contributed by atoms with van der Waals surface area (Å²) in [6.45, 7) is 7.49. The highest BCUT2D eigenvalue weighted by Crippen LogP contribution is 2.22. The van der Waals surface area contributed by atoms with Crippen LogP contribution in [0.5, 0.6) is 0 Å². The predicted octanol–water partition coefficient (Wildman–Crippen LogP) is 2.17. The van der Waals surface area contributed by atoms with Crippen molar-refractivity contribution in [2.24, 2.45) is 0 Å². The highest BCUT2D eigenvalue weighted by molar-refractivity contribution is 5.89. The van der Waals surface area contributed by atoms with Crippen molar-refractivity contribution in [3.63, 3.8) is 0 Å². The number of anilines is 1. The number of hydrogen-bond donors (Lipinski definition) is 2. The Hall–Kier alpha value is -2.34. The van der Waals surface area contributed by atoms with Crippen LogP contribution < -0.4 is 5.32 Å². The molecule has 2 N–H and O–H groups in total. The average Bonchev–Trinajstić information content (AvgIpc) is 3.08. The third-order valence-electron chi connectivity index (χ3n) is 4.32. The van der Waals surface area contributed by atoms with E-state index in [1.54, 1.807) is 6.20 Å². The molecule has 1 aliphatic heterocycles. The third kappa shape index (κ3) is 3.07. The van der Waals surface area contributed by atoms with Gasteiger partial charge < -0.3 is 19.9 Å². The molecule has 2 atom stereocenters. The third-order valence-corrected chi connectivity index (χ3v) is 4.32. The fourth-order valence-electron chi connectivity index (χ4n) is 3.17. The maximum Gasteiger partial charge on any atom is 0.246 e. The number of amides is 1. The van der Waals surface area contributed by atoms with Crippen LogP contribution in [0.25, 0.3) is 11.0 Å². The van der Waals surface area contributed by atoms with E-state index >= 15 is 0 Å². The second-order valence-electron chi connectivity index (χ2n) is 5.60. The zero-order valence-electron chi connectivity index (χ0n) is 13.3. The lowest BCUT2D eigenvalue weighted by atomic mass is 10.0. The number of nitrogens with one attached hydrogen (secondary N) is 2. The monoisotopic (exact) mass is 314 g/mol. The van der Waals surface area contributed by atoms with E-state index in [0.29, 0.717) is 19.7 Å². The molecule has 3 heterocycles. The van der Waals surface area contributed by atoms with Crippen molar-refractivity contribution in [1.29, 1.82) is 0 Å². The second-order valence-corrected chi connectivity index (χ2v) is 5.60. The summed E-state index contributed by atoms with van der Waals surface area (Å²) >= 11 is 0. The normalized spacial score (nSPS) is 21.3. The number of H-pyrrole nitrogens is 1. The van der Waals surface area contributed by atoms with E-state index < -0.39 is 0 Å². The Labute approximate surface area is 135 Å². The molecule has 23 heavy (non-hydrogen) atoms. The van der Waals surface area contributed by atoms with Crippen molar-refractivity contribution >= 4 is 22.6 Å². The minimum absolute atomic E-state index is 0.0258. The molecule has 0 aromatic carbocycles. The molecule has 2 aromatic rings. The molecule has 1 aliphatic rings. The Kier molecular flexibility index (Phi) is 4.62. The minimum atomic E-state index is -0.0418. The Morgan fingerprint density at radius 2 is 2.48 bits per heavy atom. The summed E-state index contributed by atoms with van der Waals surface area (Å²) in [4.78, 5) is 21.3. The van der Waals surface area contributed by atoms with Crippen LogP contribution in [-0.2, 0) is 9.53 Å². The quantitative estimate of drug-likeness (QED) is 0.830. The fraction of sp³-hybridized carbons (Fsp3) is 0.412. The van der Waals surface area contributed by atoms with Gasteiger partial charge in [0.15, 0.2) is 0 Å². The van der Waals surface area contributed by atoms with Gasteiger partial charge in [0.1, 0.15) is 5.65 Å². The van der Waals surface area contributed by atoms with Crippen molar-refractivity contribution in [2.75, 3.05) is 25.0 Å². The van der Waals surface area contributed by atoms with E-state index in [4.69, 9.17) is 4.74 Å². The number of rotatable bonds is 5. The van der Waals surface area contributed by atoms with Crippen LogP contribution in [0.2, 0.25) is 0 Å². The summed E-state index contributed by atoms with van der Waals surface area (Å²) in [5.74, 6) is -0.0258. The van der Waals surface area contributed by atoms with E-state index in [1.807, 2.05) is 23.2 Å². The first-order valence-corrected chi connectivity index (χ1v) is 7.95. The number of morpholine rings is 1. The minimum Gasteiger partial charge on any atom is -0.382 e. The molecule has 0 aliphatic carbocycles. The summed E-state index contributed by atoms with van der Waals surface area (Å²) in [7, 11) is 0. The molecule has 122 valence electrons. The number of ether oxygens (including phenoxy) is 1. The molecular formula is C17H22N4O2. The topological polar surface area (TPSA) is 70.2 Å². The number of nitrogens with zero attached hydrogens (tertiary/aromatic N) is 2. The van der Waals surface area contributed by atoms with Gasteiger partial charge in [0.2, 0.25) is 5.91 Å². The molecule has 0 saturated carbocycles. The van der Waals surface area contributed by atoms with Gasteiger partial charge in [-0.15, -0.1) is 0 Å². The van der Waals surface area contributed by atoms with E-state index in [0.717, 1.165) is 23.1 Å². The summed E-state index contributed by atoms with van der Waals surface area (Å²) in [6, 6.07) is 4.01. The van der Waals surface area contributed by atoms with E-state index in [2.05, 4.69) is 28.8 Å². The average molecular weight is 314 g/mol. The van der Waals surface area contributed by atoms with Gasteiger partial charge >= 0.3 is 0 Å². The standard InChI is InChI=1S/C17H22N4O2/c1-3-14-15(23-10-9-21(14)16(22)4-2)11-20-13-6-8-19-17-12(13)5-7-18-17/h4-8,14-15H,2-3,9-11H2,1H3,(H2,18,19,20)/t14-,15+/m0/s1. The van der Waals surface area contributed by atoms with Gasteiger partial charge in [0.05, 0.1) is 18.8 Å². The zero-order chi connectivity index (χ0) is 16.2. The summed E-state index contributed by atoms with van der Waals surface area (Å²) in [6.07, 6.45) is 5.83. The van der Waals surface area contributed by atoms with E-state index in [-0.39, 0.29) is 18.1 Å².